The molecular weight excluding hydrogens is 240 g/mol. The molecule has 17 heavy (non-hydrogen) atoms. The molecule has 0 spiro atoms. The van der Waals surface area contributed by atoms with Crippen LogP contribution in [-0.2, 0) is 14.3 Å². The number of rotatable bonds is 3. The van der Waals surface area contributed by atoms with Gasteiger partial charge in [0.1, 0.15) is 0 Å². The Labute approximate surface area is 102 Å². The lowest BCUT2D eigenvalue weighted by Crippen LogP contribution is -2.22. The first-order valence-electron chi connectivity index (χ1n) is 5.44. The minimum atomic E-state index is -3.38. The fourth-order valence-electron chi connectivity index (χ4n) is 2.23. The van der Waals surface area contributed by atoms with Gasteiger partial charge in [-0.25, -0.2) is 0 Å². The molecule has 0 bridgehead atoms. The molecule has 5 nitrogen and oxygen atoms in total. The standard InChI is InChI=1S/C11H16N2O3S/c1-13-8-10(16-17(2,14)15)6-11(13)9-4-3-5-12-7-9/h3-5,7,10-11H,6,8H2,1-2H3/t10-,11+/m1/s1. The third kappa shape index (κ3) is 3.24. The number of aromatic nitrogens is 1. The predicted octanol–water partition coefficient (Wildman–Crippen LogP) is 0.803. The van der Waals surface area contributed by atoms with E-state index in [-0.39, 0.29) is 12.1 Å². The number of pyridine rings is 1. The Balaban J connectivity index is 2.08. The monoisotopic (exact) mass is 256 g/mol. The highest BCUT2D eigenvalue weighted by Gasteiger charge is 2.33. The van der Waals surface area contributed by atoms with Crippen LogP contribution in [0.4, 0.5) is 0 Å². The third-order valence-electron chi connectivity index (χ3n) is 2.89. The molecule has 1 aliphatic rings. The van der Waals surface area contributed by atoms with Crippen molar-refractivity contribution >= 4 is 10.1 Å². The topological polar surface area (TPSA) is 59.5 Å². The molecule has 0 N–H and O–H groups in total. The first-order valence-corrected chi connectivity index (χ1v) is 7.26. The molecule has 0 aromatic carbocycles. The Morgan fingerprint density at radius 2 is 2.29 bits per heavy atom. The van der Waals surface area contributed by atoms with Gasteiger partial charge in [-0.05, 0) is 25.1 Å². The predicted molar refractivity (Wildman–Crippen MR) is 63.9 cm³/mol. The Kier molecular flexibility index (Phi) is 3.46. The van der Waals surface area contributed by atoms with E-state index in [0.29, 0.717) is 13.0 Å². The first kappa shape index (κ1) is 12.5. The van der Waals surface area contributed by atoms with Gasteiger partial charge < -0.3 is 0 Å². The van der Waals surface area contributed by atoms with Crippen LogP contribution in [0.25, 0.3) is 0 Å². The molecule has 2 heterocycles. The molecule has 0 saturated carbocycles. The zero-order chi connectivity index (χ0) is 12.5. The summed E-state index contributed by atoms with van der Waals surface area (Å²) in [6.07, 6.45) is 5.03. The lowest BCUT2D eigenvalue weighted by molar-refractivity contribution is 0.217. The summed E-state index contributed by atoms with van der Waals surface area (Å²) < 4.78 is 27.2. The molecule has 0 unspecified atom stereocenters. The van der Waals surface area contributed by atoms with E-state index in [1.165, 1.54) is 0 Å². The van der Waals surface area contributed by atoms with E-state index >= 15 is 0 Å². The van der Waals surface area contributed by atoms with E-state index in [1.807, 2.05) is 25.4 Å². The van der Waals surface area contributed by atoms with Gasteiger partial charge in [-0.3, -0.25) is 14.1 Å². The second kappa shape index (κ2) is 4.72. The van der Waals surface area contributed by atoms with Crippen LogP contribution in [0.1, 0.15) is 18.0 Å². The molecule has 1 aromatic rings. The van der Waals surface area contributed by atoms with Crippen LogP contribution in [0.5, 0.6) is 0 Å². The van der Waals surface area contributed by atoms with Gasteiger partial charge in [-0.2, -0.15) is 8.42 Å². The Morgan fingerprint density at radius 3 is 2.88 bits per heavy atom. The minimum absolute atomic E-state index is 0.176. The maximum Gasteiger partial charge on any atom is 0.264 e. The maximum atomic E-state index is 11.1. The van der Waals surface area contributed by atoms with E-state index in [4.69, 9.17) is 4.18 Å². The molecule has 1 aliphatic heterocycles. The van der Waals surface area contributed by atoms with Crippen molar-refractivity contribution in [2.24, 2.45) is 0 Å². The highest BCUT2D eigenvalue weighted by molar-refractivity contribution is 7.86. The lowest BCUT2D eigenvalue weighted by atomic mass is 10.1. The summed E-state index contributed by atoms with van der Waals surface area (Å²) in [6.45, 7) is 0.618. The van der Waals surface area contributed by atoms with Crippen molar-refractivity contribution in [2.45, 2.75) is 18.6 Å². The van der Waals surface area contributed by atoms with Gasteiger partial charge in [0, 0.05) is 25.0 Å². The average Bonchev–Trinajstić information content (AvgIpc) is 2.58. The molecule has 2 atom stereocenters. The highest BCUT2D eigenvalue weighted by Crippen LogP contribution is 2.31. The van der Waals surface area contributed by atoms with Crippen molar-refractivity contribution < 1.29 is 12.6 Å². The molecule has 0 aliphatic carbocycles. The quantitative estimate of drug-likeness (QED) is 0.749. The van der Waals surface area contributed by atoms with E-state index in [0.717, 1.165) is 11.8 Å². The first-order chi connectivity index (χ1) is 7.96. The molecule has 6 heteroatoms. The molecule has 0 radical (unpaired) electrons. The van der Waals surface area contributed by atoms with Crippen LogP contribution in [0.2, 0.25) is 0 Å². The molecular formula is C11H16N2O3S. The van der Waals surface area contributed by atoms with E-state index in [2.05, 4.69) is 9.88 Å². The van der Waals surface area contributed by atoms with Crippen molar-refractivity contribution in [3.05, 3.63) is 30.1 Å². The molecule has 1 saturated heterocycles. The normalized spacial score (nSPS) is 26.2. The zero-order valence-electron chi connectivity index (χ0n) is 9.91. The number of hydrogen-bond acceptors (Lipinski definition) is 5. The summed E-state index contributed by atoms with van der Waals surface area (Å²) in [7, 11) is -1.42. The largest absolute Gasteiger partial charge is 0.297 e. The van der Waals surface area contributed by atoms with Crippen LogP contribution in [-0.4, -0.2) is 44.3 Å². The van der Waals surface area contributed by atoms with Crippen LogP contribution < -0.4 is 0 Å². The summed E-state index contributed by atoms with van der Waals surface area (Å²) in [5, 5.41) is 0. The van der Waals surface area contributed by atoms with Gasteiger partial charge in [0.25, 0.3) is 10.1 Å². The van der Waals surface area contributed by atoms with E-state index in [1.54, 1.807) is 6.20 Å². The van der Waals surface area contributed by atoms with Crippen molar-refractivity contribution in [3.63, 3.8) is 0 Å². The van der Waals surface area contributed by atoms with Crippen molar-refractivity contribution in [1.82, 2.24) is 9.88 Å². The molecule has 94 valence electrons. The number of likely N-dealkylation sites (tertiary alicyclic amines) is 1. The third-order valence-corrected chi connectivity index (χ3v) is 3.51. The van der Waals surface area contributed by atoms with Gasteiger partial charge in [0.15, 0.2) is 0 Å². The van der Waals surface area contributed by atoms with Crippen LogP contribution >= 0.6 is 0 Å². The second-order valence-electron chi connectivity index (χ2n) is 4.40. The minimum Gasteiger partial charge on any atom is -0.297 e. The van der Waals surface area contributed by atoms with E-state index < -0.39 is 10.1 Å². The van der Waals surface area contributed by atoms with Crippen molar-refractivity contribution in [2.75, 3.05) is 19.8 Å². The molecule has 1 fully saturated rings. The van der Waals surface area contributed by atoms with Crippen LogP contribution in [0.3, 0.4) is 0 Å². The smallest absolute Gasteiger partial charge is 0.264 e. The summed E-state index contributed by atoms with van der Waals surface area (Å²) in [4.78, 5) is 6.17. The fourth-order valence-corrected chi connectivity index (χ4v) is 2.87. The summed E-state index contributed by atoms with van der Waals surface area (Å²) in [5.74, 6) is 0. The summed E-state index contributed by atoms with van der Waals surface area (Å²) in [6, 6.07) is 4.06. The van der Waals surface area contributed by atoms with Crippen LogP contribution in [0.15, 0.2) is 24.5 Å². The van der Waals surface area contributed by atoms with Gasteiger partial charge in [0.05, 0.1) is 12.4 Å². The van der Waals surface area contributed by atoms with E-state index in [9.17, 15) is 8.42 Å². The fraction of sp³-hybridized carbons (Fsp3) is 0.545. The van der Waals surface area contributed by atoms with Crippen molar-refractivity contribution in [1.29, 1.82) is 0 Å². The Morgan fingerprint density at radius 1 is 1.53 bits per heavy atom. The highest BCUT2D eigenvalue weighted by atomic mass is 32.2. The van der Waals surface area contributed by atoms with Gasteiger partial charge in [-0.15, -0.1) is 0 Å². The maximum absolute atomic E-state index is 11.1. The average molecular weight is 256 g/mol. The van der Waals surface area contributed by atoms with Gasteiger partial charge in [-0.1, -0.05) is 6.07 Å². The Bertz CT molecular complexity index is 475. The zero-order valence-corrected chi connectivity index (χ0v) is 10.7. The summed E-state index contributed by atoms with van der Waals surface area (Å²) >= 11 is 0. The van der Waals surface area contributed by atoms with Crippen molar-refractivity contribution in [3.8, 4) is 0 Å². The summed E-state index contributed by atoms with van der Waals surface area (Å²) in [5.41, 5.74) is 1.09. The van der Waals surface area contributed by atoms with Gasteiger partial charge >= 0.3 is 0 Å². The molecule has 2 rings (SSSR count). The number of hydrogen-bond donors (Lipinski definition) is 0. The van der Waals surface area contributed by atoms with Crippen LogP contribution in [0, 0.1) is 0 Å². The molecule has 1 aromatic heterocycles. The Hall–Kier alpha value is -0.980. The lowest BCUT2D eigenvalue weighted by Gasteiger charge is -2.18. The second-order valence-corrected chi connectivity index (χ2v) is 6.00. The molecule has 0 amide bonds. The number of likely N-dealkylation sites (N-methyl/N-ethyl adjacent to an activating group) is 1. The van der Waals surface area contributed by atoms with Gasteiger partial charge in [0.2, 0.25) is 0 Å². The SMILES string of the molecule is CN1C[C@H](OS(C)(=O)=O)C[C@H]1c1cccnc1. The number of nitrogens with zero attached hydrogens (tertiary/aromatic N) is 2.